The Morgan fingerprint density at radius 3 is 2.56 bits per heavy atom. The maximum atomic E-state index is 13.3. The molecule has 2 aromatic rings. The number of nitrogens with zero attached hydrogens (tertiary/aromatic N) is 4. The van der Waals surface area contributed by atoms with Gasteiger partial charge in [0.25, 0.3) is 0 Å². The highest BCUT2D eigenvalue weighted by molar-refractivity contribution is 5.56. The Morgan fingerprint density at radius 2 is 1.84 bits per heavy atom. The Hall–Kier alpha value is -2.39. The molecule has 2 fully saturated rings. The summed E-state index contributed by atoms with van der Waals surface area (Å²) < 4.78 is 37.7. The number of piperidine rings is 1. The minimum absolute atomic E-state index is 0.385. The van der Waals surface area contributed by atoms with Crippen molar-refractivity contribution in [3.63, 3.8) is 0 Å². The number of benzene rings is 1. The molecule has 0 bridgehead atoms. The van der Waals surface area contributed by atoms with Gasteiger partial charge in [-0.3, -0.25) is 0 Å². The van der Waals surface area contributed by atoms with E-state index in [1.807, 2.05) is 4.90 Å². The van der Waals surface area contributed by atoms with Gasteiger partial charge >= 0.3 is 0 Å². The van der Waals surface area contributed by atoms with E-state index in [1.54, 1.807) is 0 Å². The number of ether oxygens (including phenoxy) is 2. The molecule has 25 heavy (non-hydrogen) atoms. The zero-order valence-corrected chi connectivity index (χ0v) is 13.4. The molecule has 9 heteroatoms. The quantitative estimate of drug-likeness (QED) is 0.911. The molecule has 4 rings (SSSR count). The molecule has 1 spiro atoms. The monoisotopic (exact) mass is 349 g/mol. The fraction of sp³-hybridized carbons (Fsp3) is 0.438. The second kappa shape index (κ2) is 6.49. The number of aromatic nitrogens is 3. The van der Waals surface area contributed by atoms with Crippen molar-refractivity contribution in [3.8, 4) is 0 Å². The minimum atomic E-state index is -0.926. The zero-order chi connectivity index (χ0) is 17.3. The first-order valence-corrected chi connectivity index (χ1v) is 8.08. The average molecular weight is 349 g/mol. The van der Waals surface area contributed by atoms with Crippen LogP contribution < -0.4 is 10.2 Å². The molecule has 0 aliphatic carbocycles. The van der Waals surface area contributed by atoms with Crippen LogP contribution >= 0.6 is 0 Å². The van der Waals surface area contributed by atoms with Gasteiger partial charge in [-0.25, -0.2) is 8.78 Å². The van der Waals surface area contributed by atoms with Crippen molar-refractivity contribution in [2.24, 2.45) is 0 Å². The van der Waals surface area contributed by atoms with E-state index in [1.165, 1.54) is 12.3 Å². The highest BCUT2D eigenvalue weighted by Crippen LogP contribution is 2.32. The van der Waals surface area contributed by atoms with Gasteiger partial charge in [-0.15, -0.1) is 5.10 Å². The fourth-order valence-electron chi connectivity index (χ4n) is 3.04. The van der Waals surface area contributed by atoms with Crippen molar-refractivity contribution < 1.29 is 18.3 Å². The molecule has 0 saturated carbocycles. The van der Waals surface area contributed by atoms with Gasteiger partial charge < -0.3 is 19.7 Å². The van der Waals surface area contributed by atoms with Crippen molar-refractivity contribution >= 4 is 17.5 Å². The third kappa shape index (κ3) is 3.38. The summed E-state index contributed by atoms with van der Waals surface area (Å²) >= 11 is 0. The number of rotatable bonds is 3. The molecule has 0 atom stereocenters. The molecule has 132 valence electrons. The van der Waals surface area contributed by atoms with Crippen LogP contribution in [0.1, 0.15) is 12.8 Å². The maximum Gasteiger partial charge on any atom is 0.247 e. The van der Waals surface area contributed by atoms with E-state index in [-0.39, 0.29) is 0 Å². The van der Waals surface area contributed by atoms with E-state index in [2.05, 4.69) is 20.5 Å². The highest BCUT2D eigenvalue weighted by atomic mass is 19.2. The third-order valence-electron chi connectivity index (χ3n) is 4.36. The van der Waals surface area contributed by atoms with E-state index in [4.69, 9.17) is 9.47 Å². The van der Waals surface area contributed by atoms with Crippen LogP contribution in [0.5, 0.6) is 0 Å². The first-order valence-electron chi connectivity index (χ1n) is 8.08. The lowest BCUT2D eigenvalue weighted by atomic mass is 10.0. The molecule has 1 aromatic carbocycles. The van der Waals surface area contributed by atoms with Gasteiger partial charge in [0.2, 0.25) is 5.95 Å². The molecule has 2 aliphatic rings. The van der Waals surface area contributed by atoms with Crippen LogP contribution in [0.25, 0.3) is 0 Å². The van der Waals surface area contributed by atoms with E-state index in [0.717, 1.165) is 25.0 Å². The number of anilines is 3. The predicted molar refractivity (Wildman–Crippen MR) is 85.5 cm³/mol. The Balaban J connectivity index is 1.45. The second-order valence-corrected chi connectivity index (χ2v) is 5.99. The Morgan fingerprint density at radius 1 is 1.08 bits per heavy atom. The Labute approximate surface area is 143 Å². The van der Waals surface area contributed by atoms with E-state index in [9.17, 15) is 8.78 Å². The normalized spacial score (nSPS) is 19.4. The predicted octanol–water partition coefficient (Wildman–Crippen LogP) is 2.24. The summed E-state index contributed by atoms with van der Waals surface area (Å²) in [7, 11) is 0. The molecule has 1 N–H and O–H groups in total. The van der Waals surface area contributed by atoms with Crippen LogP contribution in [-0.4, -0.2) is 47.3 Å². The van der Waals surface area contributed by atoms with Crippen molar-refractivity contribution in [3.05, 3.63) is 36.0 Å². The zero-order valence-electron chi connectivity index (χ0n) is 13.4. The largest absolute Gasteiger partial charge is 0.347 e. The lowest BCUT2D eigenvalue weighted by Gasteiger charge is -2.37. The van der Waals surface area contributed by atoms with E-state index >= 15 is 0 Å². The first-order chi connectivity index (χ1) is 12.1. The average Bonchev–Trinajstić information content (AvgIpc) is 3.07. The third-order valence-corrected chi connectivity index (χ3v) is 4.36. The molecular weight excluding hydrogens is 332 g/mol. The van der Waals surface area contributed by atoms with Crippen molar-refractivity contribution in [1.29, 1.82) is 0 Å². The van der Waals surface area contributed by atoms with Crippen LogP contribution in [-0.2, 0) is 9.47 Å². The van der Waals surface area contributed by atoms with E-state index in [0.29, 0.717) is 43.8 Å². The number of hydrogen-bond acceptors (Lipinski definition) is 7. The molecule has 7 nitrogen and oxygen atoms in total. The van der Waals surface area contributed by atoms with Gasteiger partial charge in [-0.1, -0.05) is 0 Å². The maximum absolute atomic E-state index is 13.3. The summed E-state index contributed by atoms with van der Waals surface area (Å²) in [6.07, 6.45) is 2.90. The molecule has 0 radical (unpaired) electrons. The fourth-order valence-corrected chi connectivity index (χ4v) is 3.04. The molecule has 2 saturated heterocycles. The standard InChI is InChI=1S/C16H17F2N5O2/c17-12-2-1-11(9-13(12)18)20-14-10-19-22-15(21-14)23-5-3-16(4-6-23)24-7-8-25-16/h1-2,9-10H,3-8H2,(H,20,21,22). The van der Waals surface area contributed by atoms with Crippen LogP contribution in [0.2, 0.25) is 0 Å². The van der Waals surface area contributed by atoms with Gasteiger partial charge in [0.15, 0.2) is 23.2 Å². The molecule has 1 aromatic heterocycles. The van der Waals surface area contributed by atoms with Gasteiger partial charge in [-0.2, -0.15) is 10.1 Å². The summed E-state index contributed by atoms with van der Waals surface area (Å²) in [5.74, 6) is -1.41. The summed E-state index contributed by atoms with van der Waals surface area (Å²) in [5, 5.41) is 10.9. The smallest absolute Gasteiger partial charge is 0.247 e. The summed E-state index contributed by atoms with van der Waals surface area (Å²) in [4.78, 5) is 6.40. The lowest BCUT2D eigenvalue weighted by molar-refractivity contribution is -0.169. The molecule has 3 heterocycles. The first kappa shape index (κ1) is 16.1. The summed E-state index contributed by atoms with van der Waals surface area (Å²) in [5.41, 5.74) is 0.385. The van der Waals surface area contributed by atoms with Crippen molar-refractivity contribution in [1.82, 2.24) is 15.2 Å². The van der Waals surface area contributed by atoms with Crippen molar-refractivity contribution in [2.45, 2.75) is 18.6 Å². The molecular formula is C16H17F2N5O2. The highest BCUT2D eigenvalue weighted by Gasteiger charge is 2.40. The summed E-state index contributed by atoms with van der Waals surface area (Å²) in [6.45, 7) is 2.64. The van der Waals surface area contributed by atoms with Gasteiger partial charge in [0.1, 0.15) is 0 Å². The Bertz CT molecular complexity index is 760. The van der Waals surface area contributed by atoms with Crippen LogP contribution in [0.15, 0.2) is 24.4 Å². The van der Waals surface area contributed by atoms with Crippen LogP contribution in [0.3, 0.4) is 0 Å². The number of nitrogens with one attached hydrogen (secondary N) is 1. The second-order valence-electron chi connectivity index (χ2n) is 5.99. The Kier molecular flexibility index (Phi) is 4.18. The minimum Gasteiger partial charge on any atom is -0.347 e. The van der Waals surface area contributed by atoms with Crippen molar-refractivity contribution in [2.75, 3.05) is 36.5 Å². The molecule has 0 amide bonds. The van der Waals surface area contributed by atoms with Crippen LogP contribution in [0, 0.1) is 11.6 Å². The van der Waals surface area contributed by atoms with Crippen LogP contribution in [0.4, 0.5) is 26.2 Å². The van der Waals surface area contributed by atoms with Gasteiger partial charge in [0, 0.05) is 37.7 Å². The number of halogens is 2. The van der Waals surface area contributed by atoms with Gasteiger partial charge in [-0.05, 0) is 12.1 Å². The topological polar surface area (TPSA) is 72.4 Å². The molecule has 2 aliphatic heterocycles. The van der Waals surface area contributed by atoms with E-state index < -0.39 is 17.4 Å². The summed E-state index contributed by atoms with van der Waals surface area (Å²) in [6, 6.07) is 3.55. The van der Waals surface area contributed by atoms with Gasteiger partial charge in [0.05, 0.1) is 19.4 Å². The molecule has 0 unspecified atom stereocenters. The lowest BCUT2D eigenvalue weighted by Crippen LogP contribution is -2.45. The SMILES string of the molecule is Fc1ccc(Nc2cnnc(N3CCC4(CC3)OCCO4)n2)cc1F. The number of hydrogen-bond donors (Lipinski definition) is 1.